The molecule has 0 atom stereocenters. The zero-order chi connectivity index (χ0) is 14.7. The fourth-order valence-corrected chi connectivity index (χ4v) is 4.30. The van der Waals surface area contributed by atoms with Crippen molar-refractivity contribution in [2.24, 2.45) is 5.92 Å². The lowest BCUT2D eigenvalue weighted by molar-refractivity contribution is -0.128. The Labute approximate surface area is 133 Å². The van der Waals surface area contributed by atoms with E-state index < -0.39 is 0 Å². The van der Waals surface area contributed by atoms with E-state index in [0.717, 1.165) is 35.3 Å². The monoisotopic (exact) mass is 320 g/mol. The molecule has 1 saturated carbocycles. The molecule has 0 unspecified atom stereocenters. The van der Waals surface area contributed by atoms with Crippen molar-refractivity contribution in [3.05, 3.63) is 24.3 Å². The van der Waals surface area contributed by atoms with Gasteiger partial charge in [-0.3, -0.25) is 4.79 Å². The van der Waals surface area contributed by atoms with E-state index in [1.807, 2.05) is 23.1 Å². The van der Waals surface area contributed by atoms with E-state index in [4.69, 9.17) is 0 Å². The van der Waals surface area contributed by atoms with E-state index in [-0.39, 0.29) is 5.91 Å². The molecule has 1 aromatic heterocycles. The van der Waals surface area contributed by atoms with Crippen molar-refractivity contribution < 1.29 is 4.79 Å². The van der Waals surface area contributed by atoms with Crippen molar-refractivity contribution in [3.8, 4) is 0 Å². The predicted molar refractivity (Wildman–Crippen MR) is 89.9 cm³/mol. The molecule has 2 aromatic rings. The molecule has 0 N–H and O–H groups in total. The van der Waals surface area contributed by atoms with Gasteiger partial charge in [0.15, 0.2) is 4.34 Å². The molecule has 1 aromatic carbocycles. The number of thioether (sulfide) groups is 1. The maximum atomic E-state index is 12.4. The van der Waals surface area contributed by atoms with Gasteiger partial charge in [0, 0.05) is 13.1 Å². The summed E-state index contributed by atoms with van der Waals surface area (Å²) in [5.41, 5.74) is 1.03. The van der Waals surface area contributed by atoms with Crippen LogP contribution in [0.4, 0.5) is 0 Å². The van der Waals surface area contributed by atoms with Crippen LogP contribution in [0.3, 0.4) is 0 Å². The van der Waals surface area contributed by atoms with Gasteiger partial charge in [-0.2, -0.15) is 0 Å². The zero-order valence-corrected chi connectivity index (χ0v) is 13.9. The number of aromatic nitrogens is 1. The number of para-hydroxylation sites is 1. The third-order valence-corrected chi connectivity index (χ3v) is 5.78. The van der Waals surface area contributed by atoms with E-state index in [1.165, 1.54) is 17.5 Å². The fourth-order valence-electron chi connectivity index (χ4n) is 2.33. The molecular weight excluding hydrogens is 300 g/mol. The molecule has 1 fully saturated rings. The number of nitrogens with zero attached hydrogens (tertiary/aromatic N) is 2. The highest BCUT2D eigenvalue weighted by molar-refractivity contribution is 8.01. The number of carbonyl (C=O) groups excluding carboxylic acids is 1. The lowest BCUT2D eigenvalue weighted by Crippen LogP contribution is -2.34. The largest absolute Gasteiger partial charge is 0.342 e. The first-order chi connectivity index (χ1) is 10.3. The highest BCUT2D eigenvalue weighted by Crippen LogP contribution is 2.31. The van der Waals surface area contributed by atoms with Gasteiger partial charge in [0.25, 0.3) is 0 Å². The molecule has 3 nitrogen and oxygen atoms in total. The van der Waals surface area contributed by atoms with E-state index in [0.29, 0.717) is 5.75 Å². The first-order valence-electron chi connectivity index (χ1n) is 7.52. The van der Waals surface area contributed by atoms with E-state index in [9.17, 15) is 4.79 Å². The number of hydrogen-bond acceptors (Lipinski definition) is 4. The van der Waals surface area contributed by atoms with Crippen molar-refractivity contribution in [2.45, 2.75) is 30.5 Å². The van der Waals surface area contributed by atoms with E-state index in [2.05, 4.69) is 18.0 Å². The van der Waals surface area contributed by atoms with Gasteiger partial charge in [-0.1, -0.05) is 30.8 Å². The number of rotatable bonds is 7. The Hall–Kier alpha value is -1.07. The van der Waals surface area contributed by atoms with Crippen molar-refractivity contribution in [2.75, 3.05) is 18.8 Å². The smallest absolute Gasteiger partial charge is 0.233 e. The lowest BCUT2D eigenvalue weighted by atomic mass is 10.3. The molecule has 1 aliphatic rings. The average Bonchev–Trinajstić information content (AvgIpc) is 3.21. The summed E-state index contributed by atoms with van der Waals surface area (Å²) in [5.74, 6) is 1.52. The van der Waals surface area contributed by atoms with Crippen LogP contribution in [0.5, 0.6) is 0 Å². The molecule has 0 saturated heterocycles. The van der Waals surface area contributed by atoms with Gasteiger partial charge in [0.1, 0.15) is 0 Å². The molecule has 5 heteroatoms. The van der Waals surface area contributed by atoms with Crippen molar-refractivity contribution in [1.82, 2.24) is 9.88 Å². The van der Waals surface area contributed by atoms with Crippen LogP contribution in [-0.4, -0.2) is 34.6 Å². The molecule has 0 spiro atoms. The van der Waals surface area contributed by atoms with Crippen molar-refractivity contribution in [1.29, 1.82) is 0 Å². The second-order valence-corrected chi connectivity index (χ2v) is 7.77. The van der Waals surface area contributed by atoms with Crippen LogP contribution >= 0.6 is 23.1 Å². The molecule has 1 amide bonds. The maximum absolute atomic E-state index is 12.4. The molecule has 21 heavy (non-hydrogen) atoms. The number of hydrogen-bond donors (Lipinski definition) is 0. The van der Waals surface area contributed by atoms with Crippen LogP contribution in [0.2, 0.25) is 0 Å². The van der Waals surface area contributed by atoms with Crippen LogP contribution in [0.15, 0.2) is 28.6 Å². The summed E-state index contributed by atoms with van der Waals surface area (Å²) in [5, 5.41) is 0. The number of amides is 1. The van der Waals surface area contributed by atoms with Gasteiger partial charge in [-0.25, -0.2) is 4.98 Å². The van der Waals surface area contributed by atoms with Crippen LogP contribution in [-0.2, 0) is 4.79 Å². The van der Waals surface area contributed by atoms with Gasteiger partial charge in [0.2, 0.25) is 5.91 Å². The first kappa shape index (κ1) is 14.9. The van der Waals surface area contributed by atoms with Gasteiger partial charge in [-0.05, 0) is 37.3 Å². The highest BCUT2D eigenvalue weighted by atomic mass is 32.2. The third kappa shape index (κ3) is 3.98. The molecule has 0 aliphatic heterocycles. The lowest BCUT2D eigenvalue weighted by Gasteiger charge is -2.21. The maximum Gasteiger partial charge on any atom is 0.233 e. The van der Waals surface area contributed by atoms with Crippen molar-refractivity contribution in [3.63, 3.8) is 0 Å². The number of fused-ring (bicyclic) bond motifs is 1. The summed E-state index contributed by atoms with van der Waals surface area (Å²) in [6, 6.07) is 8.13. The minimum Gasteiger partial charge on any atom is -0.342 e. The van der Waals surface area contributed by atoms with E-state index >= 15 is 0 Å². The van der Waals surface area contributed by atoms with Crippen LogP contribution < -0.4 is 0 Å². The second-order valence-electron chi connectivity index (χ2n) is 5.52. The fraction of sp³-hybridized carbons (Fsp3) is 0.500. The van der Waals surface area contributed by atoms with Crippen LogP contribution in [0.25, 0.3) is 10.2 Å². The van der Waals surface area contributed by atoms with Crippen LogP contribution in [0, 0.1) is 5.92 Å². The molecule has 0 bridgehead atoms. The SMILES string of the molecule is CCCN(CC1CC1)C(=O)CSc1nc2ccccc2s1. The summed E-state index contributed by atoms with van der Waals surface area (Å²) in [6.07, 6.45) is 3.61. The Bertz CT molecular complexity index is 589. The quantitative estimate of drug-likeness (QED) is 0.722. The minimum absolute atomic E-state index is 0.257. The summed E-state index contributed by atoms with van der Waals surface area (Å²) in [4.78, 5) is 19.0. The van der Waals surface area contributed by atoms with Gasteiger partial charge in [0.05, 0.1) is 16.0 Å². The van der Waals surface area contributed by atoms with E-state index in [1.54, 1.807) is 23.1 Å². The van der Waals surface area contributed by atoms with Crippen LogP contribution in [0.1, 0.15) is 26.2 Å². The van der Waals surface area contributed by atoms with Gasteiger partial charge in [-0.15, -0.1) is 11.3 Å². The minimum atomic E-state index is 0.257. The molecular formula is C16H20N2OS2. The predicted octanol–water partition coefficient (Wildman–Crippen LogP) is 4.04. The summed E-state index contributed by atoms with van der Waals surface area (Å²) < 4.78 is 2.18. The summed E-state index contributed by atoms with van der Waals surface area (Å²) in [7, 11) is 0. The molecule has 0 radical (unpaired) electrons. The first-order valence-corrected chi connectivity index (χ1v) is 9.32. The molecule has 3 rings (SSSR count). The highest BCUT2D eigenvalue weighted by Gasteiger charge is 2.26. The molecule has 1 aliphatic carbocycles. The Kier molecular flexibility index (Phi) is 4.80. The zero-order valence-electron chi connectivity index (χ0n) is 12.2. The molecule has 112 valence electrons. The molecule has 1 heterocycles. The Morgan fingerprint density at radius 1 is 1.43 bits per heavy atom. The third-order valence-electron chi connectivity index (χ3n) is 3.62. The number of benzene rings is 1. The van der Waals surface area contributed by atoms with Gasteiger partial charge >= 0.3 is 0 Å². The number of thiazole rings is 1. The van der Waals surface area contributed by atoms with Crippen molar-refractivity contribution >= 4 is 39.2 Å². The Morgan fingerprint density at radius 2 is 2.24 bits per heavy atom. The normalized spacial score (nSPS) is 14.5. The topological polar surface area (TPSA) is 33.2 Å². The second kappa shape index (κ2) is 6.79. The summed E-state index contributed by atoms with van der Waals surface area (Å²) in [6.45, 7) is 3.97. The Balaban J connectivity index is 1.58. The standard InChI is InChI=1S/C16H20N2OS2/c1-2-9-18(10-12-7-8-12)15(19)11-20-16-17-13-5-3-4-6-14(13)21-16/h3-6,12H,2,7-11H2,1H3. The average molecular weight is 320 g/mol. The Morgan fingerprint density at radius 3 is 2.95 bits per heavy atom. The van der Waals surface area contributed by atoms with Gasteiger partial charge < -0.3 is 4.90 Å². The summed E-state index contributed by atoms with van der Waals surface area (Å²) >= 11 is 3.24. The number of carbonyl (C=O) groups is 1.